The standard InChI is InChI=1S/C19H26F2N4O3.HI/c1-3-22-19(23-9-10-25-16(26)5-4-6-17(25)27)24-12-14-11-13(2)7-8-15(14)28-18(20)21;/h7-8,11,18H,3-6,9-10,12H2,1-2H3,(H2,22,23,24);1H. The predicted octanol–water partition coefficient (Wildman–Crippen LogP) is 2.81. The Bertz CT molecular complexity index is 715. The van der Waals surface area contributed by atoms with E-state index in [2.05, 4.69) is 20.4 Å². The van der Waals surface area contributed by atoms with Crippen molar-refractivity contribution in [2.45, 2.75) is 46.3 Å². The van der Waals surface area contributed by atoms with E-state index in [0.29, 0.717) is 43.9 Å². The maximum absolute atomic E-state index is 12.6. The largest absolute Gasteiger partial charge is 0.434 e. The van der Waals surface area contributed by atoms with Crippen LogP contribution in [0.1, 0.15) is 37.3 Å². The second kappa shape index (κ2) is 12.6. The molecule has 10 heteroatoms. The van der Waals surface area contributed by atoms with Gasteiger partial charge in [-0.3, -0.25) is 14.5 Å². The van der Waals surface area contributed by atoms with Crippen molar-refractivity contribution in [2.24, 2.45) is 4.99 Å². The average Bonchev–Trinajstić information content (AvgIpc) is 2.63. The van der Waals surface area contributed by atoms with E-state index in [4.69, 9.17) is 0 Å². The van der Waals surface area contributed by atoms with E-state index >= 15 is 0 Å². The molecular weight excluding hydrogens is 497 g/mol. The molecular formula is C19H27F2IN4O3. The Morgan fingerprint density at radius 1 is 1.24 bits per heavy atom. The molecule has 1 saturated heterocycles. The number of aryl methyl sites for hydroxylation is 1. The summed E-state index contributed by atoms with van der Waals surface area (Å²) in [5.41, 5.74) is 1.45. The highest BCUT2D eigenvalue weighted by Gasteiger charge is 2.25. The van der Waals surface area contributed by atoms with Crippen LogP contribution in [0.15, 0.2) is 23.2 Å². The summed E-state index contributed by atoms with van der Waals surface area (Å²) < 4.78 is 29.7. The van der Waals surface area contributed by atoms with Gasteiger partial charge in [0.2, 0.25) is 11.8 Å². The summed E-state index contributed by atoms with van der Waals surface area (Å²) in [6.07, 6.45) is 1.38. The van der Waals surface area contributed by atoms with Gasteiger partial charge in [-0.1, -0.05) is 17.7 Å². The molecule has 7 nitrogen and oxygen atoms in total. The lowest BCUT2D eigenvalue weighted by Crippen LogP contribution is -2.46. The Balaban J connectivity index is 0.00000420. The zero-order valence-corrected chi connectivity index (χ0v) is 18.9. The molecule has 1 fully saturated rings. The lowest BCUT2D eigenvalue weighted by Gasteiger charge is -2.25. The van der Waals surface area contributed by atoms with Gasteiger partial charge in [0.25, 0.3) is 0 Å². The zero-order valence-electron chi connectivity index (χ0n) is 16.5. The Labute approximate surface area is 186 Å². The molecule has 2 amide bonds. The molecule has 0 aromatic heterocycles. The molecule has 1 aliphatic rings. The van der Waals surface area contributed by atoms with Gasteiger partial charge in [0, 0.05) is 38.0 Å². The summed E-state index contributed by atoms with van der Waals surface area (Å²) in [7, 11) is 0. The molecule has 162 valence electrons. The Hall–Kier alpha value is -1.98. The Morgan fingerprint density at radius 2 is 1.93 bits per heavy atom. The molecule has 1 heterocycles. The molecule has 0 spiro atoms. The summed E-state index contributed by atoms with van der Waals surface area (Å²) >= 11 is 0. The molecule has 0 radical (unpaired) electrons. The first-order valence-corrected chi connectivity index (χ1v) is 9.30. The van der Waals surface area contributed by atoms with E-state index in [1.54, 1.807) is 12.1 Å². The molecule has 0 aliphatic carbocycles. The second-order valence-electron chi connectivity index (χ2n) is 6.40. The van der Waals surface area contributed by atoms with Gasteiger partial charge in [0.15, 0.2) is 5.96 Å². The monoisotopic (exact) mass is 524 g/mol. The number of imide groups is 1. The van der Waals surface area contributed by atoms with Crippen molar-refractivity contribution in [3.8, 4) is 5.75 Å². The van der Waals surface area contributed by atoms with Crippen LogP contribution in [0.3, 0.4) is 0 Å². The molecule has 0 unspecified atom stereocenters. The number of hydrogen-bond acceptors (Lipinski definition) is 4. The molecule has 0 bridgehead atoms. The zero-order chi connectivity index (χ0) is 20.5. The highest BCUT2D eigenvalue weighted by atomic mass is 127. The van der Waals surface area contributed by atoms with Gasteiger partial charge in [-0.05, 0) is 26.3 Å². The minimum Gasteiger partial charge on any atom is -0.434 e. The fourth-order valence-electron chi connectivity index (χ4n) is 2.88. The van der Waals surface area contributed by atoms with Crippen molar-refractivity contribution in [1.82, 2.24) is 15.5 Å². The topological polar surface area (TPSA) is 83.0 Å². The predicted molar refractivity (Wildman–Crippen MR) is 117 cm³/mol. The summed E-state index contributed by atoms with van der Waals surface area (Å²) in [5, 5.41) is 6.11. The quantitative estimate of drug-likeness (QED) is 0.237. The molecule has 1 aliphatic heterocycles. The molecule has 0 atom stereocenters. The van der Waals surface area contributed by atoms with Crippen LogP contribution in [0.5, 0.6) is 5.75 Å². The van der Waals surface area contributed by atoms with Crippen LogP contribution in [0.2, 0.25) is 0 Å². The third kappa shape index (κ3) is 8.11. The number of benzene rings is 1. The number of rotatable bonds is 8. The highest BCUT2D eigenvalue weighted by molar-refractivity contribution is 14.0. The highest BCUT2D eigenvalue weighted by Crippen LogP contribution is 2.22. The fourth-order valence-corrected chi connectivity index (χ4v) is 2.88. The summed E-state index contributed by atoms with van der Waals surface area (Å²) in [6, 6.07) is 4.94. The Kier molecular flexibility index (Phi) is 10.8. The smallest absolute Gasteiger partial charge is 0.387 e. The van der Waals surface area contributed by atoms with Gasteiger partial charge in [0.05, 0.1) is 6.54 Å². The minimum absolute atomic E-state index is 0. The number of nitrogens with zero attached hydrogens (tertiary/aromatic N) is 2. The van der Waals surface area contributed by atoms with Crippen LogP contribution in [-0.4, -0.2) is 48.9 Å². The number of piperidine rings is 1. The fraction of sp³-hybridized carbons (Fsp3) is 0.526. The summed E-state index contributed by atoms with van der Waals surface area (Å²) in [4.78, 5) is 29.3. The molecule has 2 rings (SSSR count). The molecule has 1 aromatic rings. The number of hydrogen-bond donors (Lipinski definition) is 2. The minimum atomic E-state index is -2.91. The van der Waals surface area contributed by atoms with E-state index in [1.807, 2.05) is 13.8 Å². The molecule has 0 saturated carbocycles. The van der Waals surface area contributed by atoms with Gasteiger partial charge in [-0.2, -0.15) is 8.78 Å². The van der Waals surface area contributed by atoms with Crippen LogP contribution in [0.25, 0.3) is 0 Å². The number of halogens is 3. The number of ether oxygens (including phenoxy) is 1. The van der Waals surface area contributed by atoms with Gasteiger partial charge in [-0.25, -0.2) is 4.99 Å². The first-order chi connectivity index (χ1) is 13.4. The first kappa shape index (κ1) is 25.1. The normalized spacial score (nSPS) is 14.7. The number of amides is 2. The van der Waals surface area contributed by atoms with E-state index in [1.165, 1.54) is 11.0 Å². The van der Waals surface area contributed by atoms with Crippen LogP contribution in [0, 0.1) is 6.92 Å². The van der Waals surface area contributed by atoms with Crippen LogP contribution in [-0.2, 0) is 16.1 Å². The number of carbonyl (C=O) groups is 2. The Morgan fingerprint density at radius 3 is 2.55 bits per heavy atom. The van der Waals surface area contributed by atoms with Gasteiger partial charge < -0.3 is 15.4 Å². The second-order valence-corrected chi connectivity index (χ2v) is 6.40. The third-order valence-corrected chi connectivity index (χ3v) is 4.20. The van der Waals surface area contributed by atoms with E-state index in [-0.39, 0.29) is 54.6 Å². The molecule has 1 aromatic carbocycles. The number of guanidine groups is 1. The van der Waals surface area contributed by atoms with Crippen molar-refractivity contribution in [1.29, 1.82) is 0 Å². The van der Waals surface area contributed by atoms with Gasteiger partial charge in [-0.15, -0.1) is 24.0 Å². The summed E-state index contributed by atoms with van der Waals surface area (Å²) in [6.45, 7) is 2.19. The summed E-state index contributed by atoms with van der Waals surface area (Å²) in [5.74, 6) is 0.232. The van der Waals surface area contributed by atoms with Crippen molar-refractivity contribution < 1.29 is 23.1 Å². The molecule has 2 N–H and O–H groups in total. The SMILES string of the molecule is CCNC(=NCc1cc(C)ccc1OC(F)F)NCCN1C(=O)CCCC1=O.I. The van der Waals surface area contributed by atoms with Crippen molar-refractivity contribution >= 4 is 41.8 Å². The van der Waals surface area contributed by atoms with Gasteiger partial charge >= 0.3 is 6.61 Å². The van der Waals surface area contributed by atoms with Crippen molar-refractivity contribution in [2.75, 3.05) is 19.6 Å². The lowest BCUT2D eigenvalue weighted by atomic mass is 10.1. The van der Waals surface area contributed by atoms with Crippen LogP contribution in [0.4, 0.5) is 8.78 Å². The van der Waals surface area contributed by atoms with E-state index < -0.39 is 6.61 Å². The number of aliphatic imine (C=N–C) groups is 1. The number of nitrogens with one attached hydrogen (secondary N) is 2. The van der Waals surface area contributed by atoms with Crippen LogP contribution < -0.4 is 15.4 Å². The van der Waals surface area contributed by atoms with E-state index in [0.717, 1.165) is 5.56 Å². The number of carbonyl (C=O) groups excluding carboxylic acids is 2. The van der Waals surface area contributed by atoms with E-state index in [9.17, 15) is 18.4 Å². The van der Waals surface area contributed by atoms with Gasteiger partial charge in [0.1, 0.15) is 5.75 Å². The van der Waals surface area contributed by atoms with Crippen molar-refractivity contribution in [3.05, 3.63) is 29.3 Å². The maximum Gasteiger partial charge on any atom is 0.387 e. The number of likely N-dealkylation sites (tertiary alicyclic amines) is 1. The first-order valence-electron chi connectivity index (χ1n) is 9.30. The third-order valence-electron chi connectivity index (χ3n) is 4.20. The van der Waals surface area contributed by atoms with Crippen LogP contribution >= 0.6 is 24.0 Å². The average molecular weight is 524 g/mol. The lowest BCUT2D eigenvalue weighted by molar-refractivity contribution is -0.147. The van der Waals surface area contributed by atoms with Crippen molar-refractivity contribution in [3.63, 3.8) is 0 Å². The molecule has 29 heavy (non-hydrogen) atoms. The number of alkyl halides is 2. The maximum atomic E-state index is 12.6.